The second-order valence-electron chi connectivity index (χ2n) is 5.32. The van der Waals surface area contributed by atoms with Crippen molar-refractivity contribution in [3.8, 4) is 0 Å². The minimum absolute atomic E-state index is 0. The number of nitrogens with one attached hydrogen (secondary N) is 2. The lowest BCUT2D eigenvalue weighted by Gasteiger charge is -2.34. The van der Waals surface area contributed by atoms with Crippen LogP contribution in [0.4, 0.5) is 0 Å². The van der Waals surface area contributed by atoms with E-state index in [0.29, 0.717) is 12.6 Å². The number of amides is 1. The molecule has 5 heteroatoms. The van der Waals surface area contributed by atoms with Gasteiger partial charge in [-0.05, 0) is 27.7 Å². The van der Waals surface area contributed by atoms with Gasteiger partial charge in [-0.25, -0.2) is 0 Å². The number of carbonyl (C=O) groups excluding carboxylic acids is 1. The zero-order chi connectivity index (χ0) is 11.5. The molecular weight excluding hydrogens is 226 g/mol. The van der Waals surface area contributed by atoms with Gasteiger partial charge in [0, 0.05) is 31.2 Å². The van der Waals surface area contributed by atoms with Crippen LogP contribution in [0.3, 0.4) is 0 Å². The van der Waals surface area contributed by atoms with E-state index in [9.17, 15) is 4.79 Å². The number of piperazine rings is 1. The number of halogens is 1. The SMILES string of the molecule is C[C@@H]1CNCCN1CC(=O)NC(C)(C)C.Cl. The van der Waals surface area contributed by atoms with Crippen molar-refractivity contribution >= 4 is 18.3 Å². The third kappa shape index (κ3) is 5.68. The first-order valence-corrected chi connectivity index (χ1v) is 5.64. The molecule has 0 radical (unpaired) electrons. The lowest BCUT2D eigenvalue weighted by atomic mass is 10.1. The number of hydrogen-bond donors (Lipinski definition) is 2. The van der Waals surface area contributed by atoms with Gasteiger partial charge in [-0.3, -0.25) is 9.69 Å². The zero-order valence-corrected chi connectivity index (χ0v) is 11.5. The molecule has 1 fully saturated rings. The van der Waals surface area contributed by atoms with E-state index in [4.69, 9.17) is 0 Å². The normalized spacial score (nSPS) is 22.4. The molecule has 4 nitrogen and oxygen atoms in total. The third-order valence-corrected chi connectivity index (χ3v) is 2.50. The molecule has 1 aliphatic rings. The Morgan fingerprint density at radius 2 is 2.12 bits per heavy atom. The molecule has 96 valence electrons. The van der Waals surface area contributed by atoms with Crippen LogP contribution in [0.15, 0.2) is 0 Å². The molecule has 1 amide bonds. The van der Waals surface area contributed by atoms with Gasteiger partial charge >= 0.3 is 0 Å². The van der Waals surface area contributed by atoms with E-state index in [0.717, 1.165) is 19.6 Å². The molecule has 0 unspecified atom stereocenters. The first-order valence-electron chi connectivity index (χ1n) is 5.64. The summed E-state index contributed by atoms with van der Waals surface area (Å²) in [5.74, 6) is 0.122. The first-order chi connectivity index (χ1) is 6.88. The Kier molecular flexibility index (Phi) is 6.30. The summed E-state index contributed by atoms with van der Waals surface area (Å²) < 4.78 is 0. The molecule has 1 aliphatic heterocycles. The maximum absolute atomic E-state index is 11.7. The minimum Gasteiger partial charge on any atom is -0.350 e. The molecule has 0 aliphatic carbocycles. The van der Waals surface area contributed by atoms with Gasteiger partial charge in [0.05, 0.1) is 6.54 Å². The monoisotopic (exact) mass is 249 g/mol. The molecule has 0 spiro atoms. The summed E-state index contributed by atoms with van der Waals surface area (Å²) in [6.45, 7) is 11.6. The van der Waals surface area contributed by atoms with Crippen molar-refractivity contribution in [1.82, 2.24) is 15.5 Å². The summed E-state index contributed by atoms with van der Waals surface area (Å²) in [7, 11) is 0. The fourth-order valence-electron chi connectivity index (χ4n) is 1.76. The predicted octanol–water partition coefficient (Wildman–Crippen LogP) is 0.617. The maximum Gasteiger partial charge on any atom is 0.234 e. The molecule has 0 aromatic rings. The Morgan fingerprint density at radius 1 is 1.50 bits per heavy atom. The van der Waals surface area contributed by atoms with Crippen LogP contribution in [0.25, 0.3) is 0 Å². The maximum atomic E-state index is 11.7. The van der Waals surface area contributed by atoms with Crippen LogP contribution in [0.1, 0.15) is 27.7 Å². The summed E-state index contributed by atoms with van der Waals surface area (Å²) in [4.78, 5) is 13.9. The Balaban J connectivity index is 0.00000225. The highest BCUT2D eigenvalue weighted by atomic mass is 35.5. The van der Waals surface area contributed by atoms with Crippen molar-refractivity contribution < 1.29 is 4.79 Å². The van der Waals surface area contributed by atoms with Crippen molar-refractivity contribution in [1.29, 1.82) is 0 Å². The quantitative estimate of drug-likeness (QED) is 0.754. The molecule has 1 atom stereocenters. The number of nitrogens with zero attached hydrogens (tertiary/aromatic N) is 1. The molecule has 0 aromatic carbocycles. The fourth-order valence-corrected chi connectivity index (χ4v) is 1.76. The predicted molar refractivity (Wildman–Crippen MR) is 69.0 cm³/mol. The van der Waals surface area contributed by atoms with Crippen molar-refractivity contribution in [2.75, 3.05) is 26.2 Å². The summed E-state index contributed by atoms with van der Waals surface area (Å²) >= 11 is 0. The third-order valence-electron chi connectivity index (χ3n) is 2.50. The van der Waals surface area contributed by atoms with Crippen molar-refractivity contribution in [2.24, 2.45) is 0 Å². The van der Waals surface area contributed by atoms with E-state index in [1.54, 1.807) is 0 Å². The van der Waals surface area contributed by atoms with Gasteiger partial charge in [0.25, 0.3) is 0 Å². The lowest BCUT2D eigenvalue weighted by Crippen LogP contribution is -2.54. The van der Waals surface area contributed by atoms with E-state index in [1.807, 2.05) is 20.8 Å². The van der Waals surface area contributed by atoms with Crippen LogP contribution in [0.5, 0.6) is 0 Å². The summed E-state index contributed by atoms with van der Waals surface area (Å²) in [6, 6.07) is 0.449. The van der Waals surface area contributed by atoms with Crippen molar-refractivity contribution in [2.45, 2.75) is 39.3 Å². The van der Waals surface area contributed by atoms with E-state index >= 15 is 0 Å². The summed E-state index contributed by atoms with van der Waals surface area (Å²) in [6.07, 6.45) is 0. The minimum atomic E-state index is -0.131. The van der Waals surface area contributed by atoms with Crippen molar-refractivity contribution in [3.05, 3.63) is 0 Å². The molecule has 1 heterocycles. The zero-order valence-electron chi connectivity index (χ0n) is 10.7. The van der Waals surface area contributed by atoms with E-state index < -0.39 is 0 Å². The standard InChI is InChI=1S/C11H23N3O.ClH/c1-9-7-12-5-6-14(9)8-10(15)13-11(2,3)4;/h9,12H,5-8H2,1-4H3,(H,13,15);1H/t9-;/m1./s1. The van der Waals surface area contributed by atoms with Gasteiger partial charge in [0.15, 0.2) is 0 Å². The average Bonchev–Trinajstić information content (AvgIpc) is 2.05. The van der Waals surface area contributed by atoms with Crippen LogP contribution < -0.4 is 10.6 Å². The molecule has 0 aromatic heterocycles. The Bertz CT molecular complexity index is 228. The molecule has 0 bridgehead atoms. The highest BCUT2D eigenvalue weighted by molar-refractivity contribution is 5.85. The van der Waals surface area contributed by atoms with Gasteiger partial charge in [-0.1, -0.05) is 0 Å². The lowest BCUT2D eigenvalue weighted by molar-refractivity contribution is -0.124. The average molecular weight is 250 g/mol. The van der Waals surface area contributed by atoms with Gasteiger partial charge < -0.3 is 10.6 Å². The van der Waals surface area contributed by atoms with Crippen LogP contribution >= 0.6 is 12.4 Å². The van der Waals surface area contributed by atoms with Crippen LogP contribution in [0, 0.1) is 0 Å². The topological polar surface area (TPSA) is 44.4 Å². The second kappa shape index (κ2) is 6.42. The molecule has 0 saturated carbocycles. The molecule has 1 rings (SSSR count). The number of carbonyl (C=O) groups is 1. The first kappa shape index (κ1) is 15.7. The second-order valence-corrected chi connectivity index (χ2v) is 5.32. The molecular formula is C11H24ClN3O. The fraction of sp³-hybridized carbons (Fsp3) is 0.909. The Morgan fingerprint density at radius 3 is 2.62 bits per heavy atom. The molecule has 1 saturated heterocycles. The van der Waals surface area contributed by atoms with Crippen LogP contribution in [-0.4, -0.2) is 48.6 Å². The van der Waals surface area contributed by atoms with Gasteiger partial charge in [0.1, 0.15) is 0 Å². The van der Waals surface area contributed by atoms with Gasteiger partial charge in [-0.2, -0.15) is 0 Å². The molecule has 16 heavy (non-hydrogen) atoms. The smallest absolute Gasteiger partial charge is 0.234 e. The highest BCUT2D eigenvalue weighted by Crippen LogP contribution is 2.03. The number of hydrogen-bond acceptors (Lipinski definition) is 3. The van der Waals surface area contributed by atoms with Crippen molar-refractivity contribution in [3.63, 3.8) is 0 Å². The largest absolute Gasteiger partial charge is 0.350 e. The van der Waals surface area contributed by atoms with Crippen LogP contribution in [0.2, 0.25) is 0 Å². The Hall–Kier alpha value is -0.320. The summed E-state index contributed by atoms with van der Waals surface area (Å²) in [5, 5.41) is 6.30. The summed E-state index contributed by atoms with van der Waals surface area (Å²) in [5.41, 5.74) is -0.131. The number of rotatable bonds is 2. The molecule has 2 N–H and O–H groups in total. The van der Waals surface area contributed by atoms with Gasteiger partial charge in [-0.15, -0.1) is 12.4 Å². The van der Waals surface area contributed by atoms with E-state index in [1.165, 1.54) is 0 Å². The Labute approximate surface area is 105 Å². The van der Waals surface area contributed by atoms with Crippen LogP contribution in [-0.2, 0) is 4.79 Å². The van der Waals surface area contributed by atoms with E-state index in [2.05, 4.69) is 22.5 Å². The van der Waals surface area contributed by atoms with E-state index in [-0.39, 0.29) is 23.9 Å². The highest BCUT2D eigenvalue weighted by Gasteiger charge is 2.22. The van der Waals surface area contributed by atoms with Gasteiger partial charge in [0.2, 0.25) is 5.91 Å².